The number of nitrogens with one attached hydrogen (secondary N) is 1. The van der Waals surface area contributed by atoms with Gasteiger partial charge < -0.3 is 15.2 Å². The fourth-order valence-corrected chi connectivity index (χ4v) is 2.48. The number of aliphatic carboxylic acids is 1. The number of thiophene rings is 1. The number of ether oxygens (including phenoxy) is 1. The Morgan fingerprint density at radius 2 is 2.50 bits per heavy atom. The van der Waals surface area contributed by atoms with Crippen LogP contribution in [0.4, 0.5) is 0 Å². The molecule has 2 N–H and O–H groups in total. The summed E-state index contributed by atoms with van der Waals surface area (Å²) < 4.78 is 5.38. The van der Waals surface area contributed by atoms with Crippen LogP contribution in [-0.4, -0.2) is 29.8 Å². The van der Waals surface area contributed by atoms with Crippen LogP contribution in [0.3, 0.4) is 0 Å². The highest BCUT2D eigenvalue weighted by atomic mass is 32.1. The van der Waals surface area contributed by atoms with E-state index < -0.39 is 12.1 Å². The monoisotopic (exact) mass is 241 g/mol. The van der Waals surface area contributed by atoms with Gasteiger partial charge in [0.05, 0.1) is 6.10 Å². The molecule has 1 aliphatic heterocycles. The quantitative estimate of drug-likeness (QED) is 0.819. The summed E-state index contributed by atoms with van der Waals surface area (Å²) in [7, 11) is 0. The van der Waals surface area contributed by atoms with E-state index in [0.717, 1.165) is 19.5 Å². The van der Waals surface area contributed by atoms with Crippen molar-refractivity contribution in [1.29, 1.82) is 0 Å². The van der Waals surface area contributed by atoms with Gasteiger partial charge in [0, 0.05) is 18.0 Å². The fraction of sp³-hybridized carbons (Fsp3) is 0.545. The minimum atomic E-state index is -0.847. The molecule has 2 unspecified atom stereocenters. The summed E-state index contributed by atoms with van der Waals surface area (Å²) in [5, 5.41) is 14.1. The molecule has 0 amide bonds. The lowest BCUT2D eigenvalue weighted by Crippen LogP contribution is -2.28. The van der Waals surface area contributed by atoms with Crippen LogP contribution in [0.25, 0.3) is 0 Å². The van der Waals surface area contributed by atoms with Gasteiger partial charge in [0.1, 0.15) is 0 Å². The van der Waals surface area contributed by atoms with Gasteiger partial charge in [-0.05, 0) is 24.3 Å². The van der Waals surface area contributed by atoms with Crippen LogP contribution in [0, 0.1) is 0 Å². The second-order valence-electron chi connectivity index (χ2n) is 3.87. The van der Waals surface area contributed by atoms with Crippen molar-refractivity contribution in [3.63, 3.8) is 0 Å². The van der Waals surface area contributed by atoms with Crippen LogP contribution in [0.2, 0.25) is 0 Å². The Morgan fingerprint density at radius 3 is 3.12 bits per heavy atom. The van der Waals surface area contributed by atoms with Gasteiger partial charge in [-0.3, -0.25) is 0 Å². The Balaban J connectivity index is 1.66. The molecule has 5 heteroatoms. The molecule has 16 heavy (non-hydrogen) atoms. The van der Waals surface area contributed by atoms with Crippen molar-refractivity contribution in [2.24, 2.45) is 0 Å². The van der Waals surface area contributed by atoms with Crippen molar-refractivity contribution in [2.75, 3.05) is 6.54 Å². The number of hydrogen-bond donors (Lipinski definition) is 2. The van der Waals surface area contributed by atoms with Crippen molar-refractivity contribution in [2.45, 2.75) is 31.6 Å². The summed E-state index contributed by atoms with van der Waals surface area (Å²) in [6.07, 6.45) is 0.893. The summed E-state index contributed by atoms with van der Waals surface area (Å²) in [4.78, 5) is 11.9. The first-order valence-electron chi connectivity index (χ1n) is 5.37. The molecular weight excluding hydrogens is 226 g/mol. The molecule has 1 fully saturated rings. The molecule has 0 bridgehead atoms. The van der Waals surface area contributed by atoms with Crippen LogP contribution in [0.15, 0.2) is 17.5 Å². The molecule has 1 aromatic heterocycles. The highest BCUT2D eigenvalue weighted by molar-refractivity contribution is 7.09. The summed E-state index contributed by atoms with van der Waals surface area (Å²) in [6.45, 7) is 1.55. The van der Waals surface area contributed by atoms with Crippen LogP contribution in [0.1, 0.15) is 17.7 Å². The van der Waals surface area contributed by atoms with Gasteiger partial charge in [0.25, 0.3) is 0 Å². The van der Waals surface area contributed by atoms with Gasteiger partial charge >= 0.3 is 5.97 Å². The SMILES string of the molecule is O=C(O)C1CCC(CNCc2cccs2)O1. The number of rotatable bonds is 5. The van der Waals surface area contributed by atoms with E-state index in [2.05, 4.69) is 11.4 Å². The minimum Gasteiger partial charge on any atom is -0.479 e. The molecule has 2 heterocycles. The van der Waals surface area contributed by atoms with Gasteiger partial charge in [0.2, 0.25) is 0 Å². The van der Waals surface area contributed by atoms with Crippen molar-refractivity contribution in [3.05, 3.63) is 22.4 Å². The first-order chi connectivity index (χ1) is 7.75. The lowest BCUT2D eigenvalue weighted by atomic mass is 10.2. The third kappa shape index (κ3) is 3.04. The molecule has 0 spiro atoms. The zero-order valence-corrected chi connectivity index (χ0v) is 9.70. The molecule has 88 valence electrons. The Bertz CT molecular complexity index is 339. The molecule has 0 radical (unpaired) electrons. The van der Waals surface area contributed by atoms with Crippen molar-refractivity contribution in [3.8, 4) is 0 Å². The fourth-order valence-electron chi connectivity index (χ4n) is 1.81. The zero-order chi connectivity index (χ0) is 11.4. The summed E-state index contributed by atoms with van der Waals surface area (Å²) in [5.41, 5.74) is 0. The lowest BCUT2D eigenvalue weighted by molar-refractivity contribution is -0.149. The van der Waals surface area contributed by atoms with E-state index in [9.17, 15) is 4.79 Å². The molecule has 0 saturated carbocycles. The van der Waals surface area contributed by atoms with Gasteiger partial charge in [-0.25, -0.2) is 4.79 Å². The van der Waals surface area contributed by atoms with E-state index in [0.29, 0.717) is 6.42 Å². The molecule has 0 aliphatic carbocycles. The number of carboxylic acid groups (broad SMARTS) is 1. The highest BCUT2D eigenvalue weighted by Crippen LogP contribution is 2.19. The van der Waals surface area contributed by atoms with Crippen LogP contribution >= 0.6 is 11.3 Å². The van der Waals surface area contributed by atoms with E-state index in [4.69, 9.17) is 9.84 Å². The third-order valence-electron chi connectivity index (χ3n) is 2.63. The van der Waals surface area contributed by atoms with E-state index in [1.807, 2.05) is 11.4 Å². The van der Waals surface area contributed by atoms with Crippen molar-refractivity contribution in [1.82, 2.24) is 5.32 Å². The number of hydrogen-bond acceptors (Lipinski definition) is 4. The first kappa shape index (κ1) is 11.6. The molecule has 4 nitrogen and oxygen atoms in total. The maximum absolute atomic E-state index is 10.7. The number of carboxylic acids is 1. The molecule has 2 rings (SSSR count). The zero-order valence-electron chi connectivity index (χ0n) is 8.89. The molecule has 1 aromatic rings. The predicted molar refractivity (Wildman–Crippen MR) is 61.6 cm³/mol. The first-order valence-corrected chi connectivity index (χ1v) is 6.25. The lowest BCUT2D eigenvalue weighted by Gasteiger charge is -2.11. The minimum absolute atomic E-state index is 0.0427. The Kier molecular flexibility index (Phi) is 3.93. The average molecular weight is 241 g/mol. The van der Waals surface area contributed by atoms with E-state index in [1.54, 1.807) is 11.3 Å². The maximum atomic E-state index is 10.7. The molecule has 1 aliphatic rings. The second kappa shape index (κ2) is 5.43. The predicted octanol–water partition coefficient (Wildman–Crippen LogP) is 1.47. The van der Waals surface area contributed by atoms with E-state index in [-0.39, 0.29) is 6.10 Å². The summed E-state index contributed by atoms with van der Waals surface area (Å²) >= 11 is 1.71. The Hall–Kier alpha value is -0.910. The Labute approximate surface area is 98.2 Å². The molecule has 2 atom stereocenters. The standard InChI is InChI=1S/C11H15NO3S/c13-11(14)10-4-3-8(15-10)6-12-7-9-2-1-5-16-9/h1-2,5,8,10,12H,3-4,6-7H2,(H,13,14). The largest absolute Gasteiger partial charge is 0.479 e. The summed E-state index contributed by atoms with van der Waals surface area (Å²) in [5.74, 6) is -0.847. The second-order valence-corrected chi connectivity index (χ2v) is 4.90. The van der Waals surface area contributed by atoms with Gasteiger partial charge in [-0.2, -0.15) is 0 Å². The van der Waals surface area contributed by atoms with E-state index in [1.165, 1.54) is 4.88 Å². The van der Waals surface area contributed by atoms with Crippen molar-refractivity contribution < 1.29 is 14.6 Å². The Morgan fingerprint density at radius 1 is 1.62 bits per heavy atom. The average Bonchev–Trinajstić information content (AvgIpc) is 2.87. The third-order valence-corrected chi connectivity index (χ3v) is 3.51. The molecule has 1 saturated heterocycles. The summed E-state index contributed by atoms with van der Waals surface area (Å²) in [6, 6.07) is 4.10. The molecular formula is C11H15NO3S. The highest BCUT2D eigenvalue weighted by Gasteiger charge is 2.29. The van der Waals surface area contributed by atoms with Crippen LogP contribution in [0.5, 0.6) is 0 Å². The number of carbonyl (C=O) groups is 1. The normalized spacial score (nSPS) is 24.8. The topological polar surface area (TPSA) is 58.6 Å². The van der Waals surface area contributed by atoms with Gasteiger partial charge in [0.15, 0.2) is 6.10 Å². The van der Waals surface area contributed by atoms with Crippen LogP contribution in [-0.2, 0) is 16.1 Å². The van der Waals surface area contributed by atoms with Gasteiger partial charge in [-0.1, -0.05) is 6.07 Å². The van der Waals surface area contributed by atoms with E-state index >= 15 is 0 Å². The molecule has 0 aromatic carbocycles. The van der Waals surface area contributed by atoms with Crippen LogP contribution < -0.4 is 5.32 Å². The van der Waals surface area contributed by atoms with Gasteiger partial charge in [-0.15, -0.1) is 11.3 Å². The smallest absolute Gasteiger partial charge is 0.332 e. The maximum Gasteiger partial charge on any atom is 0.332 e. The van der Waals surface area contributed by atoms with Crippen molar-refractivity contribution >= 4 is 17.3 Å².